The molecule has 6 nitrogen and oxygen atoms in total. The molecule has 2 heterocycles. The smallest absolute Gasteiger partial charge is 0.339 e. The second-order valence-corrected chi connectivity index (χ2v) is 4.88. The van der Waals surface area contributed by atoms with Crippen LogP contribution in [0, 0.1) is 13.8 Å². The average Bonchev–Trinajstić information content (AvgIpc) is 2.77. The highest BCUT2D eigenvalue weighted by molar-refractivity contribution is 5.92. The van der Waals surface area contributed by atoms with E-state index < -0.39 is 0 Å². The molecule has 2 rings (SSSR count). The number of nitrogens with one attached hydrogen (secondary N) is 1. The van der Waals surface area contributed by atoms with Crippen LogP contribution in [-0.2, 0) is 16.1 Å². The van der Waals surface area contributed by atoms with Gasteiger partial charge in [-0.1, -0.05) is 0 Å². The van der Waals surface area contributed by atoms with Crippen molar-refractivity contribution in [2.24, 2.45) is 0 Å². The lowest BCUT2D eigenvalue weighted by Crippen LogP contribution is -2.20. The molecule has 0 unspecified atom stereocenters. The second-order valence-electron chi connectivity index (χ2n) is 4.88. The molecular weight excluding hydrogens is 282 g/mol. The summed E-state index contributed by atoms with van der Waals surface area (Å²) in [6.45, 7) is 5.87. The van der Waals surface area contributed by atoms with Gasteiger partial charge >= 0.3 is 5.97 Å². The summed E-state index contributed by atoms with van der Waals surface area (Å²) in [6.07, 6.45) is 3.22. The molecule has 0 radical (unpaired) electrons. The third kappa shape index (κ3) is 3.52. The predicted molar refractivity (Wildman–Crippen MR) is 82.7 cm³/mol. The summed E-state index contributed by atoms with van der Waals surface area (Å²) in [5.74, 6) is -0.542. The normalized spacial score (nSPS) is 10.3. The summed E-state index contributed by atoms with van der Waals surface area (Å²) in [6, 6.07) is 5.26. The number of esters is 1. The Morgan fingerprint density at radius 3 is 2.77 bits per heavy atom. The molecule has 0 saturated carbocycles. The highest BCUT2D eigenvalue weighted by Crippen LogP contribution is 2.16. The van der Waals surface area contributed by atoms with Gasteiger partial charge in [0.1, 0.15) is 6.54 Å². The van der Waals surface area contributed by atoms with Crippen LogP contribution in [0.1, 0.15) is 28.7 Å². The molecular formula is C16H19N3O3. The van der Waals surface area contributed by atoms with Crippen LogP contribution in [0.5, 0.6) is 0 Å². The van der Waals surface area contributed by atoms with E-state index in [4.69, 9.17) is 4.74 Å². The van der Waals surface area contributed by atoms with Crippen LogP contribution in [0.25, 0.3) is 0 Å². The van der Waals surface area contributed by atoms with Gasteiger partial charge < -0.3 is 14.6 Å². The number of hydrogen-bond donors (Lipinski definition) is 1. The van der Waals surface area contributed by atoms with Gasteiger partial charge in [0.15, 0.2) is 0 Å². The maximum Gasteiger partial charge on any atom is 0.339 e. The molecule has 0 bridgehead atoms. The summed E-state index contributed by atoms with van der Waals surface area (Å²) in [7, 11) is 0. The standard InChI is InChI=1S/C16H19N3O3/c1-4-22-16(21)14-8-11(2)19(12(14)3)10-15(20)18-13-6-5-7-17-9-13/h5-9H,4,10H2,1-3H3,(H,18,20). The third-order valence-corrected chi connectivity index (χ3v) is 3.32. The quantitative estimate of drug-likeness (QED) is 0.860. The number of carbonyl (C=O) groups is 2. The number of carbonyl (C=O) groups excluding carboxylic acids is 2. The van der Waals surface area contributed by atoms with Crippen LogP contribution in [0.4, 0.5) is 5.69 Å². The van der Waals surface area contributed by atoms with E-state index >= 15 is 0 Å². The number of hydrogen-bond acceptors (Lipinski definition) is 4. The lowest BCUT2D eigenvalue weighted by molar-refractivity contribution is -0.116. The van der Waals surface area contributed by atoms with E-state index in [2.05, 4.69) is 10.3 Å². The van der Waals surface area contributed by atoms with Crippen molar-refractivity contribution in [1.29, 1.82) is 0 Å². The van der Waals surface area contributed by atoms with Gasteiger partial charge in [-0.15, -0.1) is 0 Å². The van der Waals surface area contributed by atoms with E-state index in [9.17, 15) is 9.59 Å². The van der Waals surface area contributed by atoms with Gasteiger partial charge in [-0.05, 0) is 39.0 Å². The summed E-state index contributed by atoms with van der Waals surface area (Å²) in [5, 5.41) is 2.77. The SMILES string of the molecule is CCOC(=O)c1cc(C)n(CC(=O)Nc2cccnc2)c1C. The highest BCUT2D eigenvalue weighted by atomic mass is 16.5. The lowest BCUT2D eigenvalue weighted by Gasteiger charge is -2.10. The fourth-order valence-corrected chi connectivity index (χ4v) is 2.24. The third-order valence-electron chi connectivity index (χ3n) is 3.32. The molecule has 1 N–H and O–H groups in total. The fourth-order valence-electron chi connectivity index (χ4n) is 2.24. The number of anilines is 1. The largest absolute Gasteiger partial charge is 0.462 e. The van der Waals surface area contributed by atoms with E-state index in [1.807, 2.05) is 6.92 Å². The first kappa shape index (κ1) is 15.8. The van der Waals surface area contributed by atoms with Gasteiger partial charge in [0.05, 0.1) is 24.1 Å². The highest BCUT2D eigenvalue weighted by Gasteiger charge is 2.18. The summed E-state index contributed by atoms with van der Waals surface area (Å²) in [5.41, 5.74) is 2.69. The van der Waals surface area contributed by atoms with Crippen LogP contribution in [-0.4, -0.2) is 28.0 Å². The van der Waals surface area contributed by atoms with Crippen LogP contribution < -0.4 is 5.32 Å². The van der Waals surface area contributed by atoms with E-state index in [1.54, 1.807) is 49.0 Å². The fraction of sp³-hybridized carbons (Fsp3) is 0.312. The lowest BCUT2D eigenvalue weighted by atomic mass is 10.2. The van der Waals surface area contributed by atoms with Crippen molar-refractivity contribution in [3.63, 3.8) is 0 Å². The van der Waals surface area contributed by atoms with Gasteiger partial charge in [-0.3, -0.25) is 9.78 Å². The summed E-state index contributed by atoms with van der Waals surface area (Å²) < 4.78 is 6.81. The zero-order valence-corrected chi connectivity index (χ0v) is 12.9. The number of aryl methyl sites for hydroxylation is 1. The number of amides is 1. The molecule has 1 amide bonds. The molecule has 0 atom stereocenters. The zero-order valence-electron chi connectivity index (χ0n) is 12.9. The summed E-state index contributed by atoms with van der Waals surface area (Å²) >= 11 is 0. The van der Waals surface area contributed by atoms with Gasteiger partial charge in [-0.25, -0.2) is 4.79 Å². The molecule has 2 aromatic rings. The molecule has 6 heteroatoms. The Hall–Kier alpha value is -2.63. The monoisotopic (exact) mass is 301 g/mol. The first-order valence-electron chi connectivity index (χ1n) is 7.06. The Labute approximate surface area is 129 Å². The number of aromatic nitrogens is 2. The van der Waals surface area contributed by atoms with Crippen LogP contribution in [0.15, 0.2) is 30.6 Å². The molecule has 0 fully saturated rings. The predicted octanol–water partition coefficient (Wildman–Crippen LogP) is 2.32. The van der Waals surface area contributed by atoms with Crippen molar-refractivity contribution in [3.05, 3.63) is 47.5 Å². The van der Waals surface area contributed by atoms with Gasteiger partial charge in [0, 0.05) is 17.6 Å². The number of ether oxygens (including phenoxy) is 1. The van der Waals surface area contributed by atoms with Gasteiger partial charge in [0.25, 0.3) is 0 Å². The maximum absolute atomic E-state index is 12.1. The number of pyridine rings is 1. The molecule has 116 valence electrons. The minimum Gasteiger partial charge on any atom is -0.462 e. The molecule has 0 aliphatic carbocycles. The Bertz CT molecular complexity index is 677. The number of rotatable bonds is 5. The Morgan fingerprint density at radius 1 is 1.36 bits per heavy atom. The van der Waals surface area contributed by atoms with E-state index in [-0.39, 0.29) is 18.4 Å². The van der Waals surface area contributed by atoms with Crippen LogP contribution in [0.3, 0.4) is 0 Å². The van der Waals surface area contributed by atoms with E-state index in [1.165, 1.54) is 0 Å². The van der Waals surface area contributed by atoms with Crippen molar-refractivity contribution in [3.8, 4) is 0 Å². The van der Waals surface area contributed by atoms with E-state index in [0.717, 1.165) is 11.4 Å². The number of nitrogens with zero attached hydrogens (tertiary/aromatic N) is 2. The second kappa shape index (κ2) is 6.89. The molecule has 0 spiro atoms. The Morgan fingerprint density at radius 2 is 2.14 bits per heavy atom. The van der Waals surface area contributed by atoms with Gasteiger partial charge in [-0.2, -0.15) is 0 Å². The molecule has 2 aromatic heterocycles. The topological polar surface area (TPSA) is 73.2 Å². The molecule has 0 aromatic carbocycles. The maximum atomic E-state index is 12.1. The van der Waals surface area contributed by atoms with Crippen molar-refractivity contribution in [2.75, 3.05) is 11.9 Å². The molecule has 22 heavy (non-hydrogen) atoms. The molecule has 0 aliphatic rings. The van der Waals surface area contributed by atoms with Crippen molar-refractivity contribution >= 4 is 17.6 Å². The minimum atomic E-state index is -0.366. The zero-order chi connectivity index (χ0) is 16.1. The van der Waals surface area contributed by atoms with Crippen molar-refractivity contribution < 1.29 is 14.3 Å². The first-order chi connectivity index (χ1) is 10.5. The van der Waals surface area contributed by atoms with Crippen molar-refractivity contribution in [2.45, 2.75) is 27.3 Å². The summed E-state index contributed by atoms with van der Waals surface area (Å²) in [4.78, 5) is 27.9. The van der Waals surface area contributed by atoms with Gasteiger partial charge in [0.2, 0.25) is 5.91 Å². The van der Waals surface area contributed by atoms with Crippen LogP contribution in [0.2, 0.25) is 0 Å². The van der Waals surface area contributed by atoms with Crippen molar-refractivity contribution in [1.82, 2.24) is 9.55 Å². The first-order valence-corrected chi connectivity index (χ1v) is 7.06. The average molecular weight is 301 g/mol. The molecule has 0 aliphatic heterocycles. The Balaban J connectivity index is 2.13. The Kier molecular flexibility index (Phi) is 4.93. The van der Waals surface area contributed by atoms with Crippen LogP contribution >= 0.6 is 0 Å². The minimum absolute atomic E-state index is 0.131. The molecule has 0 saturated heterocycles. The van der Waals surface area contributed by atoms with E-state index in [0.29, 0.717) is 17.9 Å².